The molecule has 0 saturated carbocycles. The van der Waals surface area contributed by atoms with Gasteiger partial charge in [-0.25, -0.2) is 0 Å². The molecule has 28 heavy (non-hydrogen) atoms. The highest BCUT2D eigenvalue weighted by Gasteiger charge is 2.29. The quantitative estimate of drug-likeness (QED) is 0.548. The highest BCUT2D eigenvalue weighted by molar-refractivity contribution is 5.79. The highest BCUT2D eigenvalue weighted by atomic mass is 16.5. The van der Waals surface area contributed by atoms with Crippen molar-refractivity contribution in [3.05, 3.63) is 24.2 Å². The topological polar surface area (TPSA) is 65.3 Å². The molecular formula is C21H37N5O2. The van der Waals surface area contributed by atoms with Crippen LogP contribution in [0.3, 0.4) is 0 Å². The minimum Gasteiger partial charge on any atom is -0.468 e. The number of likely N-dealkylation sites (tertiary alicyclic amines) is 1. The first kappa shape index (κ1) is 21.1. The second kappa shape index (κ2) is 10.3. The van der Waals surface area contributed by atoms with E-state index in [0.29, 0.717) is 0 Å². The van der Waals surface area contributed by atoms with E-state index in [9.17, 15) is 0 Å². The van der Waals surface area contributed by atoms with E-state index in [4.69, 9.17) is 9.15 Å². The molecule has 2 saturated heterocycles. The van der Waals surface area contributed by atoms with Crippen molar-refractivity contribution in [2.24, 2.45) is 4.99 Å². The Morgan fingerprint density at radius 2 is 1.89 bits per heavy atom. The molecule has 0 aromatic carbocycles. The number of hydrogen-bond acceptors (Lipinski definition) is 5. The molecule has 0 radical (unpaired) electrons. The first-order valence-corrected chi connectivity index (χ1v) is 10.6. The Morgan fingerprint density at radius 1 is 1.14 bits per heavy atom. The van der Waals surface area contributed by atoms with E-state index in [1.807, 2.05) is 13.1 Å². The van der Waals surface area contributed by atoms with Gasteiger partial charge >= 0.3 is 0 Å². The summed E-state index contributed by atoms with van der Waals surface area (Å²) in [6, 6.07) is 4.30. The predicted octanol–water partition coefficient (Wildman–Crippen LogP) is 2.08. The van der Waals surface area contributed by atoms with Gasteiger partial charge in [-0.15, -0.1) is 0 Å². The fraction of sp³-hybridized carbons (Fsp3) is 0.762. The van der Waals surface area contributed by atoms with Crippen LogP contribution in [0.1, 0.15) is 44.9 Å². The van der Waals surface area contributed by atoms with Crippen molar-refractivity contribution in [3.8, 4) is 0 Å². The molecule has 0 bridgehead atoms. The van der Waals surface area contributed by atoms with E-state index in [2.05, 4.69) is 45.3 Å². The molecule has 1 aromatic rings. The highest BCUT2D eigenvalue weighted by Crippen LogP contribution is 2.24. The first-order chi connectivity index (χ1) is 13.6. The molecule has 2 fully saturated rings. The molecule has 3 rings (SSSR count). The summed E-state index contributed by atoms with van der Waals surface area (Å²) in [4.78, 5) is 9.45. The molecule has 1 aromatic heterocycles. The summed E-state index contributed by atoms with van der Waals surface area (Å²) in [5.41, 5.74) is 0.0503. The number of guanidine groups is 1. The molecule has 2 N–H and O–H groups in total. The molecule has 7 nitrogen and oxygen atoms in total. The lowest BCUT2D eigenvalue weighted by Gasteiger charge is -2.41. The van der Waals surface area contributed by atoms with Gasteiger partial charge in [0.15, 0.2) is 5.96 Å². The van der Waals surface area contributed by atoms with Crippen LogP contribution in [0.2, 0.25) is 0 Å². The maximum absolute atomic E-state index is 5.75. The number of rotatable bonds is 7. The molecular weight excluding hydrogens is 354 g/mol. The van der Waals surface area contributed by atoms with Gasteiger partial charge in [0.05, 0.1) is 25.5 Å². The lowest BCUT2D eigenvalue weighted by Crippen LogP contribution is -2.56. The zero-order valence-corrected chi connectivity index (χ0v) is 17.7. The van der Waals surface area contributed by atoms with Crippen LogP contribution in [0.4, 0.5) is 0 Å². The van der Waals surface area contributed by atoms with Crippen molar-refractivity contribution in [1.82, 2.24) is 20.4 Å². The number of piperidine rings is 1. The Hall–Kier alpha value is -1.57. The van der Waals surface area contributed by atoms with Crippen LogP contribution in [0.15, 0.2) is 27.8 Å². The maximum Gasteiger partial charge on any atom is 0.191 e. The van der Waals surface area contributed by atoms with Crippen molar-refractivity contribution in [2.45, 2.75) is 44.7 Å². The number of furan rings is 1. The smallest absolute Gasteiger partial charge is 0.191 e. The summed E-state index contributed by atoms with van der Waals surface area (Å²) in [6.07, 6.45) is 5.62. The average Bonchev–Trinajstić information content (AvgIpc) is 3.26. The van der Waals surface area contributed by atoms with E-state index in [1.165, 1.54) is 19.3 Å². The standard InChI is InChI=1S/C21H37N5O2/c1-21(2,26-11-14-27-15-12-26)17-24-20(22-3)23-16-18(19-8-7-13-28-19)25-9-5-4-6-10-25/h7-8,13,18H,4-6,9-12,14-17H2,1-3H3,(H2,22,23,24). The van der Waals surface area contributed by atoms with Crippen molar-refractivity contribution >= 4 is 5.96 Å². The third-order valence-electron chi connectivity index (χ3n) is 5.95. The van der Waals surface area contributed by atoms with Crippen LogP contribution in [0, 0.1) is 0 Å². The number of morpholine rings is 1. The summed E-state index contributed by atoms with van der Waals surface area (Å²) < 4.78 is 11.2. The Morgan fingerprint density at radius 3 is 2.54 bits per heavy atom. The van der Waals surface area contributed by atoms with Gasteiger partial charge in [-0.2, -0.15) is 0 Å². The molecule has 158 valence electrons. The zero-order chi connectivity index (χ0) is 19.8. The molecule has 0 amide bonds. The molecule has 2 aliphatic rings. The van der Waals surface area contributed by atoms with Gasteiger partial charge in [0, 0.05) is 38.8 Å². The summed E-state index contributed by atoms with van der Waals surface area (Å²) in [7, 11) is 1.83. The molecule has 7 heteroatoms. The van der Waals surface area contributed by atoms with Gasteiger partial charge < -0.3 is 19.8 Å². The second-order valence-electron chi connectivity index (χ2n) is 8.35. The lowest BCUT2D eigenvalue weighted by atomic mass is 10.0. The largest absolute Gasteiger partial charge is 0.468 e. The number of ether oxygens (including phenoxy) is 1. The van der Waals surface area contributed by atoms with Crippen molar-refractivity contribution in [1.29, 1.82) is 0 Å². The first-order valence-electron chi connectivity index (χ1n) is 10.6. The molecule has 2 aliphatic heterocycles. The van der Waals surface area contributed by atoms with Crippen molar-refractivity contribution in [2.75, 3.05) is 59.5 Å². The molecule has 0 aliphatic carbocycles. The van der Waals surface area contributed by atoms with E-state index in [-0.39, 0.29) is 11.6 Å². The lowest BCUT2D eigenvalue weighted by molar-refractivity contribution is -0.00834. The van der Waals surface area contributed by atoms with Crippen LogP contribution in [-0.2, 0) is 4.74 Å². The zero-order valence-electron chi connectivity index (χ0n) is 17.7. The van der Waals surface area contributed by atoms with Gasteiger partial charge in [-0.1, -0.05) is 6.42 Å². The van der Waals surface area contributed by atoms with E-state index in [1.54, 1.807) is 6.26 Å². The van der Waals surface area contributed by atoms with Gasteiger partial charge in [0.1, 0.15) is 5.76 Å². The monoisotopic (exact) mass is 391 g/mol. The minimum absolute atomic E-state index is 0.0503. The molecule has 0 spiro atoms. The average molecular weight is 392 g/mol. The Bertz CT molecular complexity index is 590. The second-order valence-corrected chi connectivity index (χ2v) is 8.35. The van der Waals surface area contributed by atoms with Crippen LogP contribution < -0.4 is 10.6 Å². The Kier molecular flexibility index (Phi) is 7.76. The third kappa shape index (κ3) is 5.72. The van der Waals surface area contributed by atoms with Crippen LogP contribution in [-0.4, -0.2) is 80.8 Å². The number of nitrogens with one attached hydrogen (secondary N) is 2. The minimum atomic E-state index is 0.0503. The maximum atomic E-state index is 5.75. The van der Waals surface area contributed by atoms with E-state index in [0.717, 1.165) is 64.2 Å². The molecule has 3 heterocycles. The van der Waals surface area contributed by atoms with Gasteiger partial charge in [0.2, 0.25) is 0 Å². The van der Waals surface area contributed by atoms with Crippen LogP contribution in [0.25, 0.3) is 0 Å². The van der Waals surface area contributed by atoms with Gasteiger partial charge in [-0.3, -0.25) is 14.8 Å². The molecule has 1 unspecified atom stereocenters. The normalized spacial score (nSPS) is 21.5. The van der Waals surface area contributed by atoms with E-state index >= 15 is 0 Å². The van der Waals surface area contributed by atoms with Crippen molar-refractivity contribution < 1.29 is 9.15 Å². The summed E-state index contributed by atoms with van der Waals surface area (Å²) in [5.74, 6) is 1.87. The van der Waals surface area contributed by atoms with Crippen LogP contribution in [0.5, 0.6) is 0 Å². The number of nitrogens with zero attached hydrogens (tertiary/aromatic N) is 3. The SMILES string of the molecule is CN=C(NCC(c1ccco1)N1CCCCC1)NCC(C)(C)N1CCOCC1. The summed E-state index contributed by atoms with van der Waals surface area (Å²) in [6.45, 7) is 12.0. The number of aliphatic imine (C=N–C) groups is 1. The van der Waals surface area contributed by atoms with Gasteiger partial charge in [0.25, 0.3) is 0 Å². The predicted molar refractivity (Wildman–Crippen MR) is 113 cm³/mol. The Balaban J connectivity index is 1.54. The summed E-state index contributed by atoms with van der Waals surface area (Å²) >= 11 is 0. The Labute approximate surface area is 169 Å². The van der Waals surface area contributed by atoms with Gasteiger partial charge in [-0.05, 0) is 51.9 Å². The fourth-order valence-electron chi connectivity index (χ4n) is 4.12. The fourth-order valence-corrected chi connectivity index (χ4v) is 4.12. The summed E-state index contributed by atoms with van der Waals surface area (Å²) in [5, 5.41) is 7.04. The van der Waals surface area contributed by atoms with Crippen molar-refractivity contribution in [3.63, 3.8) is 0 Å². The van der Waals surface area contributed by atoms with Crippen LogP contribution >= 0.6 is 0 Å². The molecule has 1 atom stereocenters. The number of hydrogen-bond donors (Lipinski definition) is 2. The van der Waals surface area contributed by atoms with E-state index < -0.39 is 0 Å². The third-order valence-corrected chi connectivity index (χ3v) is 5.95.